The monoisotopic (exact) mass is 448 g/mol. The molecule has 0 aliphatic heterocycles. The Kier molecular flexibility index (Phi) is 5.16. The molecule has 4 aromatic rings. The average Bonchev–Trinajstić information content (AvgIpc) is 3.00. The highest BCUT2D eigenvalue weighted by atomic mass is 35.5. The van der Waals surface area contributed by atoms with Gasteiger partial charge in [0.25, 0.3) is 10.0 Å². The van der Waals surface area contributed by atoms with E-state index in [0.29, 0.717) is 21.8 Å². The average molecular weight is 449 g/mol. The zero-order valence-corrected chi connectivity index (χ0v) is 17.2. The van der Waals surface area contributed by atoms with Gasteiger partial charge in [-0.3, -0.25) is 14.1 Å². The van der Waals surface area contributed by atoms with Gasteiger partial charge in [-0.2, -0.15) is 0 Å². The number of rotatable bonds is 5. The van der Waals surface area contributed by atoms with E-state index >= 15 is 0 Å². The molecule has 0 unspecified atom stereocenters. The maximum atomic E-state index is 13.8. The predicted molar refractivity (Wildman–Crippen MR) is 114 cm³/mol. The van der Waals surface area contributed by atoms with Crippen molar-refractivity contribution in [2.45, 2.75) is 11.4 Å². The lowest BCUT2D eigenvalue weighted by molar-refractivity contribution is 0.598. The van der Waals surface area contributed by atoms with Crippen molar-refractivity contribution in [3.63, 3.8) is 0 Å². The van der Waals surface area contributed by atoms with Gasteiger partial charge in [-0.05, 0) is 48.0 Å². The zero-order chi connectivity index (χ0) is 20.6. The SMILES string of the molecule is O=c1sc2cc(S(=O)(=O)Nc3ccccc3F)ccc2n1Cc1ccc(Cl)cc1. The van der Waals surface area contributed by atoms with Gasteiger partial charge in [0.15, 0.2) is 0 Å². The summed E-state index contributed by atoms with van der Waals surface area (Å²) < 4.78 is 43.4. The number of fused-ring (bicyclic) bond motifs is 1. The van der Waals surface area contributed by atoms with Crippen LogP contribution >= 0.6 is 22.9 Å². The zero-order valence-electron chi connectivity index (χ0n) is 14.8. The van der Waals surface area contributed by atoms with Crippen LogP contribution in [0, 0.1) is 5.82 Å². The molecule has 0 radical (unpaired) electrons. The Hall–Kier alpha value is -2.68. The van der Waals surface area contributed by atoms with Gasteiger partial charge in [-0.1, -0.05) is 47.2 Å². The molecule has 1 aromatic heterocycles. The first-order valence-corrected chi connectivity index (χ1v) is 11.2. The molecular weight excluding hydrogens is 435 g/mol. The van der Waals surface area contributed by atoms with Crippen LogP contribution in [0.1, 0.15) is 5.56 Å². The number of hydrogen-bond acceptors (Lipinski definition) is 4. The number of nitrogens with one attached hydrogen (secondary N) is 1. The second-order valence-electron chi connectivity index (χ2n) is 6.30. The van der Waals surface area contributed by atoms with Crippen LogP contribution in [0.25, 0.3) is 10.2 Å². The summed E-state index contributed by atoms with van der Waals surface area (Å²) in [7, 11) is -4.00. The van der Waals surface area contributed by atoms with E-state index in [2.05, 4.69) is 4.72 Å². The molecule has 0 amide bonds. The molecule has 0 aliphatic carbocycles. The maximum Gasteiger partial charge on any atom is 0.308 e. The summed E-state index contributed by atoms with van der Waals surface area (Å²) in [6, 6.07) is 17.1. The molecule has 0 aliphatic rings. The van der Waals surface area contributed by atoms with Crippen molar-refractivity contribution in [3.05, 3.63) is 92.8 Å². The molecule has 4 rings (SSSR count). The second kappa shape index (κ2) is 7.62. The highest BCUT2D eigenvalue weighted by Crippen LogP contribution is 2.25. The van der Waals surface area contributed by atoms with Gasteiger partial charge >= 0.3 is 4.87 Å². The molecule has 1 N–H and O–H groups in total. The standard InChI is InChI=1S/C20H14ClFN2O3S2/c21-14-7-5-13(6-8-14)12-24-18-10-9-15(11-19(18)28-20(24)25)29(26,27)23-17-4-2-1-3-16(17)22/h1-11,23H,12H2. The van der Waals surface area contributed by atoms with Gasteiger partial charge in [0.2, 0.25) is 0 Å². The van der Waals surface area contributed by atoms with Crippen LogP contribution in [0.3, 0.4) is 0 Å². The van der Waals surface area contributed by atoms with Crippen molar-refractivity contribution >= 4 is 48.9 Å². The topological polar surface area (TPSA) is 68.2 Å². The Bertz CT molecular complexity index is 1360. The molecule has 5 nitrogen and oxygen atoms in total. The van der Waals surface area contributed by atoms with Crippen LogP contribution in [0.4, 0.5) is 10.1 Å². The molecule has 0 saturated heterocycles. The molecule has 1 heterocycles. The number of aromatic nitrogens is 1. The third-order valence-corrected chi connectivity index (χ3v) is 6.88. The Labute approximate surface area is 175 Å². The van der Waals surface area contributed by atoms with Gasteiger partial charge < -0.3 is 0 Å². The third-order valence-electron chi connectivity index (χ3n) is 4.32. The van der Waals surface area contributed by atoms with Crippen LogP contribution in [0.2, 0.25) is 5.02 Å². The number of anilines is 1. The fraction of sp³-hybridized carbons (Fsp3) is 0.0500. The minimum atomic E-state index is -4.00. The van der Waals surface area contributed by atoms with E-state index < -0.39 is 15.8 Å². The number of benzene rings is 3. The first-order chi connectivity index (χ1) is 13.8. The molecular formula is C20H14ClFN2O3S2. The van der Waals surface area contributed by atoms with E-state index in [1.54, 1.807) is 22.8 Å². The predicted octanol–water partition coefficient (Wildman–Crippen LogP) is 4.70. The number of sulfonamides is 1. The first kappa shape index (κ1) is 19.6. The van der Waals surface area contributed by atoms with Crippen LogP contribution in [-0.4, -0.2) is 13.0 Å². The number of halogens is 2. The van der Waals surface area contributed by atoms with Crippen LogP contribution < -0.4 is 9.60 Å². The Morgan fingerprint density at radius 2 is 1.76 bits per heavy atom. The highest BCUT2D eigenvalue weighted by molar-refractivity contribution is 7.92. The second-order valence-corrected chi connectivity index (χ2v) is 9.41. The van der Waals surface area contributed by atoms with Crippen molar-refractivity contribution in [2.75, 3.05) is 4.72 Å². The summed E-state index contributed by atoms with van der Waals surface area (Å²) >= 11 is 6.85. The van der Waals surface area contributed by atoms with Crippen LogP contribution in [0.5, 0.6) is 0 Å². The lowest BCUT2D eigenvalue weighted by Crippen LogP contribution is -2.14. The summed E-state index contributed by atoms with van der Waals surface area (Å²) in [6.45, 7) is 0.343. The minimum Gasteiger partial charge on any atom is -0.294 e. The summed E-state index contributed by atoms with van der Waals surface area (Å²) in [5.41, 5.74) is 1.38. The van der Waals surface area contributed by atoms with Crippen molar-refractivity contribution < 1.29 is 12.8 Å². The van der Waals surface area contributed by atoms with Gasteiger partial charge in [0.05, 0.1) is 27.3 Å². The van der Waals surface area contributed by atoms with Gasteiger partial charge in [0, 0.05) is 5.02 Å². The lowest BCUT2D eigenvalue weighted by Gasteiger charge is -2.09. The van der Waals surface area contributed by atoms with Gasteiger partial charge in [-0.25, -0.2) is 12.8 Å². The van der Waals surface area contributed by atoms with E-state index in [1.807, 2.05) is 12.1 Å². The molecule has 9 heteroatoms. The molecule has 0 saturated carbocycles. The van der Waals surface area contributed by atoms with Gasteiger partial charge in [0.1, 0.15) is 5.82 Å². The van der Waals surface area contributed by atoms with Crippen molar-refractivity contribution in [2.24, 2.45) is 0 Å². The van der Waals surface area contributed by atoms with E-state index in [0.717, 1.165) is 16.9 Å². The van der Waals surface area contributed by atoms with Crippen LogP contribution in [-0.2, 0) is 16.6 Å². The van der Waals surface area contributed by atoms with E-state index in [-0.39, 0.29) is 15.5 Å². The molecule has 0 fully saturated rings. The molecule has 0 atom stereocenters. The quantitative estimate of drug-likeness (QED) is 0.481. The lowest BCUT2D eigenvalue weighted by atomic mass is 10.2. The molecule has 29 heavy (non-hydrogen) atoms. The first-order valence-electron chi connectivity index (χ1n) is 8.49. The Morgan fingerprint density at radius 1 is 1.03 bits per heavy atom. The Balaban J connectivity index is 1.69. The summed E-state index contributed by atoms with van der Waals surface area (Å²) in [6.07, 6.45) is 0. The summed E-state index contributed by atoms with van der Waals surface area (Å²) in [4.78, 5) is 12.2. The summed E-state index contributed by atoms with van der Waals surface area (Å²) in [5.74, 6) is -0.670. The largest absolute Gasteiger partial charge is 0.308 e. The number of para-hydroxylation sites is 1. The number of nitrogens with zero attached hydrogens (tertiary/aromatic N) is 1. The fourth-order valence-corrected chi connectivity index (χ4v) is 5.11. The Morgan fingerprint density at radius 3 is 2.48 bits per heavy atom. The molecule has 148 valence electrons. The fourth-order valence-electron chi connectivity index (χ4n) is 2.88. The van der Waals surface area contributed by atoms with Crippen molar-refractivity contribution in [1.29, 1.82) is 0 Å². The maximum absolute atomic E-state index is 13.8. The van der Waals surface area contributed by atoms with Gasteiger partial charge in [-0.15, -0.1) is 0 Å². The molecule has 0 bridgehead atoms. The normalized spacial score (nSPS) is 11.7. The molecule has 0 spiro atoms. The number of hydrogen-bond donors (Lipinski definition) is 1. The van der Waals surface area contributed by atoms with Crippen molar-refractivity contribution in [1.82, 2.24) is 4.57 Å². The van der Waals surface area contributed by atoms with E-state index in [4.69, 9.17) is 11.6 Å². The van der Waals surface area contributed by atoms with E-state index in [1.165, 1.54) is 36.4 Å². The third kappa shape index (κ3) is 4.05. The minimum absolute atomic E-state index is 0.0480. The number of thiazole rings is 1. The van der Waals surface area contributed by atoms with Crippen molar-refractivity contribution in [3.8, 4) is 0 Å². The summed E-state index contributed by atoms with van der Waals surface area (Å²) in [5, 5.41) is 0.605. The van der Waals surface area contributed by atoms with E-state index in [9.17, 15) is 17.6 Å². The smallest absolute Gasteiger partial charge is 0.294 e. The van der Waals surface area contributed by atoms with Crippen LogP contribution in [0.15, 0.2) is 76.4 Å². The highest BCUT2D eigenvalue weighted by Gasteiger charge is 2.18. The molecule has 3 aromatic carbocycles.